The number of hydrogen-bond acceptors (Lipinski definition) is 5. The van der Waals surface area contributed by atoms with E-state index in [0.29, 0.717) is 17.8 Å². The number of para-hydroxylation sites is 1. The number of aromatic nitrogens is 2. The highest BCUT2D eigenvalue weighted by Gasteiger charge is 2.36. The minimum atomic E-state index is -0.444. The van der Waals surface area contributed by atoms with Gasteiger partial charge in [0.2, 0.25) is 0 Å². The van der Waals surface area contributed by atoms with Gasteiger partial charge in [0.1, 0.15) is 11.0 Å². The molecule has 2 aromatic rings. The SMILES string of the molecule is CC1CCCC(C)N1[n+]1noc([O-])c1COc1ccccc1. The summed E-state index contributed by atoms with van der Waals surface area (Å²) in [6, 6.07) is 10.0. The van der Waals surface area contributed by atoms with E-state index in [1.54, 1.807) is 4.79 Å². The van der Waals surface area contributed by atoms with Gasteiger partial charge in [0.25, 0.3) is 0 Å². The molecule has 0 N–H and O–H groups in total. The molecule has 6 nitrogen and oxygen atoms in total. The summed E-state index contributed by atoms with van der Waals surface area (Å²) in [5.74, 6) is 0.273. The molecule has 0 spiro atoms. The lowest BCUT2D eigenvalue weighted by Gasteiger charge is -2.32. The van der Waals surface area contributed by atoms with Gasteiger partial charge in [0.05, 0.1) is 12.1 Å². The van der Waals surface area contributed by atoms with Gasteiger partial charge in [-0.25, -0.2) is 0 Å². The summed E-state index contributed by atoms with van der Waals surface area (Å²) in [4.78, 5) is 1.60. The highest BCUT2D eigenvalue weighted by Crippen LogP contribution is 2.20. The summed E-state index contributed by atoms with van der Waals surface area (Å²) >= 11 is 0. The van der Waals surface area contributed by atoms with Crippen molar-refractivity contribution in [2.75, 3.05) is 5.01 Å². The van der Waals surface area contributed by atoms with Crippen LogP contribution in [-0.4, -0.2) is 17.4 Å². The van der Waals surface area contributed by atoms with Gasteiger partial charge < -0.3 is 14.4 Å². The lowest BCUT2D eigenvalue weighted by molar-refractivity contribution is -0.773. The monoisotopic (exact) mass is 303 g/mol. The lowest BCUT2D eigenvalue weighted by Crippen LogP contribution is -2.69. The Kier molecular flexibility index (Phi) is 4.18. The Morgan fingerprint density at radius 1 is 1.27 bits per heavy atom. The number of hydrogen-bond donors (Lipinski definition) is 0. The Balaban J connectivity index is 1.81. The molecule has 0 aliphatic carbocycles. The molecule has 118 valence electrons. The molecule has 22 heavy (non-hydrogen) atoms. The first-order chi connectivity index (χ1) is 10.7. The van der Waals surface area contributed by atoms with Crippen LogP contribution in [0.2, 0.25) is 0 Å². The van der Waals surface area contributed by atoms with Crippen LogP contribution in [0.5, 0.6) is 11.7 Å². The van der Waals surface area contributed by atoms with Crippen LogP contribution in [0.3, 0.4) is 0 Å². The first-order valence-corrected chi connectivity index (χ1v) is 7.71. The number of piperidine rings is 1. The van der Waals surface area contributed by atoms with E-state index >= 15 is 0 Å². The van der Waals surface area contributed by atoms with Crippen LogP contribution in [0, 0.1) is 0 Å². The van der Waals surface area contributed by atoms with Crippen LogP contribution in [0.15, 0.2) is 34.9 Å². The molecular weight excluding hydrogens is 282 g/mol. The van der Waals surface area contributed by atoms with E-state index in [1.807, 2.05) is 30.3 Å². The maximum absolute atomic E-state index is 12.0. The van der Waals surface area contributed by atoms with Crippen LogP contribution >= 0.6 is 0 Å². The molecule has 6 heteroatoms. The maximum Gasteiger partial charge on any atom is 0.304 e. The maximum atomic E-state index is 12.0. The van der Waals surface area contributed by atoms with Gasteiger partial charge in [-0.2, -0.15) is 0 Å². The Hall–Kier alpha value is -2.24. The van der Waals surface area contributed by atoms with Crippen molar-refractivity contribution >= 4 is 0 Å². The quantitative estimate of drug-likeness (QED) is 0.801. The third-order valence-electron chi connectivity index (χ3n) is 4.16. The Morgan fingerprint density at radius 3 is 2.64 bits per heavy atom. The molecule has 3 rings (SSSR count). The van der Waals surface area contributed by atoms with E-state index in [1.165, 1.54) is 6.42 Å². The molecule has 2 unspecified atom stereocenters. The summed E-state index contributed by atoms with van der Waals surface area (Å²) < 4.78 is 10.6. The van der Waals surface area contributed by atoms with E-state index in [0.717, 1.165) is 18.6 Å². The predicted octanol–water partition coefficient (Wildman–Crippen LogP) is 1.51. The predicted molar refractivity (Wildman–Crippen MR) is 77.9 cm³/mol. The van der Waals surface area contributed by atoms with Gasteiger partial charge in [-0.1, -0.05) is 18.2 Å². The molecule has 0 amide bonds. The minimum absolute atomic E-state index is 0.141. The zero-order valence-corrected chi connectivity index (χ0v) is 12.9. The Morgan fingerprint density at radius 2 is 1.95 bits per heavy atom. The molecule has 1 aromatic heterocycles. The van der Waals surface area contributed by atoms with Crippen LogP contribution in [0.1, 0.15) is 38.8 Å². The second-order valence-corrected chi connectivity index (χ2v) is 5.81. The minimum Gasteiger partial charge on any atom is -0.539 e. The second-order valence-electron chi connectivity index (χ2n) is 5.81. The molecule has 0 saturated carbocycles. The van der Waals surface area contributed by atoms with Crippen molar-refractivity contribution in [3.63, 3.8) is 0 Å². The Bertz CT molecular complexity index is 604. The number of nitrogens with zero attached hydrogens (tertiary/aromatic N) is 3. The van der Waals surface area contributed by atoms with Crippen LogP contribution in [0.4, 0.5) is 0 Å². The smallest absolute Gasteiger partial charge is 0.304 e. The normalized spacial score (nSPS) is 21.8. The molecule has 2 atom stereocenters. The van der Waals surface area contributed by atoms with Gasteiger partial charge in [-0.3, -0.25) is 0 Å². The molecular formula is C16H21N3O3. The molecule has 1 saturated heterocycles. The third kappa shape index (κ3) is 2.86. The van der Waals surface area contributed by atoms with Crippen molar-refractivity contribution in [3.8, 4) is 11.7 Å². The van der Waals surface area contributed by atoms with Gasteiger partial charge in [-0.15, -0.1) is 5.01 Å². The molecule has 1 fully saturated rings. The lowest BCUT2D eigenvalue weighted by atomic mass is 10.00. The standard InChI is InChI=1S/C16H21N3O3/c1-12-7-6-8-13(2)18(12)19-15(16(20)22-17-19)11-21-14-9-4-3-5-10-14/h3-5,9-10,12-13H,6-8,11H2,1-2H3. The molecule has 2 heterocycles. The number of rotatable bonds is 4. The molecule has 0 bridgehead atoms. The Labute approximate surface area is 129 Å². The van der Waals surface area contributed by atoms with Crippen molar-refractivity contribution in [1.82, 2.24) is 5.27 Å². The first-order valence-electron chi connectivity index (χ1n) is 7.71. The highest BCUT2D eigenvalue weighted by molar-refractivity contribution is 5.21. The van der Waals surface area contributed by atoms with Gasteiger partial charge in [0, 0.05) is 4.79 Å². The average Bonchev–Trinajstić information content (AvgIpc) is 2.87. The van der Waals surface area contributed by atoms with Gasteiger partial charge in [0.15, 0.2) is 12.6 Å². The second kappa shape index (κ2) is 6.25. The summed E-state index contributed by atoms with van der Waals surface area (Å²) in [6.07, 6.45) is 3.35. The summed E-state index contributed by atoms with van der Waals surface area (Å²) in [7, 11) is 0. The molecule has 1 aromatic carbocycles. The fourth-order valence-electron chi connectivity index (χ4n) is 3.01. The zero-order valence-electron chi connectivity index (χ0n) is 12.9. The topological polar surface area (TPSA) is 65.4 Å². The van der Waals surface area contributed by atoms with Crippen molar-refractivity contribution in [3.05, 3.63) is 36.0 Å². The fourth-order valence-corrected chi connectivity index (χ4v) is 3.01. The third-order valence-corrected chi connectivity index (χ3v) is 4.16. The summed E-state index contributed by atoms with van der Waals surface area (Å²) in [6.45, 7) is 4.43. The van der Waals surface area contributed by atoms with Crippen molar-refractivity contribution in [2.45, 2.75) is 51.8 Å². The van der Waals surface area contributed by atoms with Crippen LogP contribution < -0.4 is 19.6 Å². The largest absolute Gasteiger partial charge is 0.539 e. The fraction of sp³-hybridized carbons (Fsp3) is 0.500. The number of ether oxygens (including phenoxy) is 1. The van der Waals surface area contributed by atoms with E-state index < -0.39 is 5.95 Å². The van der Waals surface area contributed by atoms with E-state index in [9.17, 15) is 5.11 Å². The van der Waals surface area contributed by atoms with Crippen molar-refractivity contribution in [1.29, 1.82) is 0 Å². The highest BCUT2D eigenvalue weighted by atomic mass is 16.6. The van der Waals surface area contributed by atoms with Gasteiger partial charge in [-0.05, 0) is 45.2 Å². The molecule has 0 radical (unpaired) electrons. The van der Waals surface area contributed by atoms with E-state index in [2.05, 4.69) is 24.1 Å². The van der Waals surface area contributed by atoms with Crippen molar-refractivity contribution < 1.29 is 19.2 Å². The summed E-state index contributed by atoms with van der Waals surface area (Å²) in [5.41, 5.74) is 0.421. The molecule has 1 aliphatic rings. The van der Waals surface area contributed by atoms with Crippen molar-refractivity contribution in [2.24, 2.45) is 0 Å². The summed E-state index contributed by atoms with van der Waals surface area (Å²) in [5, 5.41) is 18.0. The molecule has 1 aliphatic heterocycles. The van der Waals surface area contributed by atoms with E-state index in [-0.39, 0.29) is 6.61 Å². The number of benzene rings is 1. The zero-order chi connectivity index (χ0) is 15.5. The first kappa shape index (κ1) is 14.7. The van der Waals surface area contributed by atoms with Crippen LogP contribution in [-0.2, 0) is 6.61 Å². The van der Waals surface area contributed by atoms with Gasteiger partial charge >= 0.3 is 5.69 Å². The van der Waals surface area contributed by atoms with Crippen LogP contribution in [0.25, 0.3) is 0 Å². The average molecular weight is 303 g/mol. The van der Waals surface area contributed by atoms with E-state index in [4.69, 9.17) is 9.26 Å².